The lowest BCUT2D eigenvalue weighted by molar-refractivity contribution is -0.127. The first-order chi connectivity index (χ1) is 11.5. The Morgan fingerprint density at radius 1 is 1.25 bits per heavy atom. The van der Waals surface area contributed by atoms with E-state index in [0.717, 1.165) is 26.2 Å². The standard InChI is InChI=1S/C18H26N4O2/c1-14(22-10-8-21(3)9-11-22)13-20-18(23)15(2)24-17-6-4-16(12-19)5-7-17/h4-7,14-15H,8-11,13H2,1-3H3,(H,20,23). The Morgan fingerprint density at radius 2 is 1.88 bits per heavy atom. The van der Waals surface area contributed by atoms with Crippen LogP contribution in [-0.2, 0) is 4.79 Å². The van der Waals surface area contributed by atoms with E-state index in [9.17, 15) is 4.79 Å². The van der Waals surface area contributed by atoms with Crippen LogP contribution in [0.5, 0.6) is 5.75 Å². The first-order valence-corrected chi connectivity index (χ1v) is 8.36. The highest BCUT2D eigenvalue weighted by molar-refractivity contribution is 5.80. The quantitative estimate of drug-likeness (QED) is 0.845. The predicted molar refractivity (Wildman–Crippen MR) is 92.8 cm³/mol. The number of likely N-dealkylation sites (N-methyl/N-ethyl adjacent to an activating group) is 1. The summed E-state index contributed by atoms with van der Waals surface area (Å²) < 4.78 is 5.63. The fourth-order valence-corrected chi connectivity index (χ4v) is 2.65. The number of benzene rings is 1. The molecule has 0 aliphatic carbocycles. The molecule has 1 fully saturated rings. The molecule has 24 heavy (non-hydrogen) atoms. The molecule has 2 rings (SSSR count). The Kier molecular flexibility index (Phi) is 6.59. The third kappa shape index (κ3) is 5.22. The number of carbonyl (C=O) groups excluding carboxylic acids is 1. The molecule has 1 amide bonds. The van der Waals surface area contributed by atoms with Crippen molar-refractivity contribution >= 4 is 5.91 Å². The van der Waals surface area contributed by atoms with E-state index < -0.39 is 6.10 Å². The summed E-state index contributed by atoms with van der Waals surface area (Å²) in [7, 11) is 2.13. The largest absolute Gasteiger partial charge is 0.481 e. The summed E-state index contributed by atoms with van der Waals surface area (Å²) in [5.74, 6) is 0.462. The SMILES string of the molecule is CC(Oc1ccc(C#N)cc1)C(=O)NCC(C)N1CCN(C)CC1. The smallest absolute Gasteiger partial charge is 0.260 e. The summed E-state index contributed by atoms with van der Waals surface area (Å²) in [6.07, 6.45) is -0.572. The molecule has 1 N–H and O–H groups in total. The molecule has 0 spiro atoms. The van der Waals surface area contributed by atoms with Crippen LogP contribution >= 0.6 is 0 Å². The van der Waals surface area contributed by atoms with Crippen molar-refractivity contribution in [3.05, 3.63) is 29.8 Å². The Bertz CT molecular complexity index is 574. The summed E-state index contributed by atoms with van der Waals surface area (Å²) in [5, 5.41) is 11.7. The molecular formula is C18H26N4O2. The highest BCUT2D eigenvalue weighted by Crippen LogP contribution is 2.13. The van der Waals surface area contributed by atoms with Gasteiger partial charge in [0.1, 0.15) is 5.75 Å². The third-order valence-electron chi connectivity index (χ3n) is 4.40. The summed E-state index contributed by atoms with van der Waals surface area (Å²) in [6.45, 7) is 8.68. The van der Waals surface area contributed by atoms with Gasteiger partial charge in [-0.25, -0.2) is 0 Å². The van der Waals surface area contributed by atoms with Crippen molar-refractivity contribution in [1.29, 1.82) is 5.26 Å². The number of hydrogen-bond donors (Lipinski definition) is 1. The minimum atomic E-state index is -0.572. The van der Waals surface area contributed by atoms with E-state index in [4.69, 9.17) is 10.00 Å². The second kappa shape index (κ2) is 8.67. The molecule has 6 heteroatoms. The average Bonchev–Trinajstić information content (AvgIpc) is 2.60. The number of rotatable bonds is 6. The number of nitriles is 1. The molecule has 0 radical (unpaired) electrons. The molecule has 2 unspecified atom stereocenters. The zero-order chi connectivity index (χ0) is 17.5. The van der Waals surface area contributed by atoms with Gasteiger partial charge in [0.15, 0.2) is 6.10 Å². The molecule has 1 heterocycles. The van der Waals surface area contributed by atoms with Gasteiger partial charge >= 0.3 is 0 Å². The van der Waals surface area contributed by atoms with Crippen LogP contribution in [-0.4, -0.2) is 67.6 Å². The second-order valence-electron chi connectivity index (χ2n) is 6.33. The van der Waals surface area contributed by atoms with Gasteiger partial charge in [-0.15, -0.1) is 0 Å². The van der Waals surface area contributed by atoms with Crippen LogP contribution in [0, 0.1) is 11.3 Å². The first kappa shape index (κ1) is 18.2. The van der Waals surface area contributed by atoms with E-state index in [0.29, 0.717) is 23.9 Å². The van der Waals surface area contributed by atoms with Gasteiger partial charge in [0, 0.05) is 38.8 Å². The van der Waals surface area contributed by atoms with Crippen LogP contribution in [0.2, 0.25) is 0 Å². The molecule has 0 aromatic heterocycles. The second-order valence-corrected chi connectivity index (χ2v) is 6.33. The van der Waals surface area contributed by atoms with E-state index in [1.54, 1.807) is 31.2 Å². The maximum Gasteiger partial charge on any atom is 0.260 e. The third-order valence-corrected chi connectivity index (χ3v) is 4.40. The summed E-state index contributed by atoms with van der Waals surface area (Å²) in [5.41, 5.74) is 0.570. The van der Waals surface area contributed by atoms with Crippen LogP contribution in [0.15, 0.2) is 24.3 Å². The number of ether oxygens (including phenoxy) is 1. The van der Waals surface area contributed by atoms with Crippen LogP contribution in [0.25, 0.3) is 0 Å². The Labute approximate surface area is 144 Å². The molecule has 130 valence electrons. The van der Waals surface area contributed by atoms with Gasteiger partial charge in [-0.05, 0) is 45.2 Å². The Morgan fingerprint density at radius 3 is 2.46 bits per heavy atom. The van der Waals surface area contributed by atoms with Crippen molar-refractivity contribution in [1.82, 2.24) is 15.1 Å². The van der Waals surface area contributed by atoms with Crippen LogP contribution in [0.1, 0.15) is 19.4 Å². The fraction of sp³-hybridized carbons (Fsp3) is 0.556. The van der Waals surface area contributed by atoms with Gasteiger partial charge in [0.2, 0.25) is 0 Å². The lowest BCUT2D eigenvalue weighted by atomic mass is 10.2. The van der Waals surface area contributed by atoms with Crippen molar-refractivity contribution in [2.75, 3.05) is 39.8 Å². The van der Waals surface area contributed by atoms with E-state index in [1.165, 1.54) is 0 Å². The van der Waals surface area contributed by atoms with Crippen LogP contribution in [0.4, 0.5) is 0 Å². The number of piperazine rings is 1. The first-order valence-electron chi connectivity index (χ1n) is 8.36. The summed E-state index contributed by atoms with van der Waals surface area (Å²) in [6, 6.07) is 9.12. The lowest BCUT2D eigenvalue weighted by Crippen LogP contribution is -2.52. The van der Waals surface area contributed by atoms with E-state index >= 15 is 0 Å². The Balaban J connectivity index is 1.75. The number of amides is 1. The molecule has 1 saturated heterocycles. The lowest BCUT2D eigenvalue weighted by Gasteiger charge is -2.36. The summed E-state index contributed by atoms with van der Waals surface area (Å²) >= 11 is 0. The number of nitrogens with zero attached hydrogens (tertiary/aromatic N) is 3. The molecule has 2 atom stereocenters. The molecule has 6 nitrogen and oxygen atoms in total. The van der Waals surface area contributed by atoms with E-state index in [-0.39, 0.29) is 5.91 Å². The van der Waals surface area contributed by atoms with Gasteiger partial charge in [-0.1, -0.05) is 0 Å². The number of hydrogen-bond acceptors (Lipinski definition) is 5. The zero-order valence-electron chi connectivity index (χ0n) is 14.7. The zero-order valence-corrected chi connectivity index (χ0v) is 14.7. The minimum absolute atomic E-state index is 0.125. The Hall–Kier alpha value is -2.10. The normalized spacial score (nSPS) is 18.4. The summed E-state index contributed by atoms with van der Waals surface area (Å²) in [4.78, 5) is 16.9. The van der Waals surface area contributed by atoms with E-state index in [2.05, 4.69) is 35.2 Å². The fourth-order valence-electron chi connectivity index (χ4n) is 2.65. The van der Waals surface area contributed by atoms with Crippen LogP contribution < -0.4 is 10.1 Å². The monoisotopic (exact) mass is 330 g/mol. The van der Waals surface area contributed by atoms with Crippen LogP contribution in [0.3, 0.4) is 0 Å². The minimum Gasteiger partial charge on any atom is -0.481 e. The maximum atomic E-state index is 12.2. The maximum absolute atomic E-state index is 12.2. The van der Waals surface area contributed by atoms with Gasteiger partial charge in [0.05, 0.1) is 11.6 Å². The number of carbonyl (C=O) groups is 1. The van der Waals surface area contributed by atoms with Gasteiger partial charge in [0.25, 0.3) is 5.91 Å². The highest BCUT2D eigenvalue weighted by Gasteiger charge is 2.21. The number of nitrogens with one attached hydrogen (secondary N) is 1. The molecule has 0 saturated carbocycles. The van der Waals surface area contributed by atoms with Crippen molar-refractivity contribution in [3.63, 3.8) is 0 Å². The van der Waals surface area contributed by atoms with Gasteiger partial charge < -0.3 is 15.0 Å². The molecule has 1 aromatic rings. The molecule has 1 aliphatic heterocycles. The molecular weight excluding hydrogens is 304 g/mol. The van der Waals surface area contributed by atoms with Crippen molar-refractivity contribution < 1.29 is 9.53 Å². The van der Waals surface area contributed by atoms with Gasteiger partial charge in [-0.3, -0.25) is 9.69 Å². The van der Waals surface area contributed by atoms with Crippen molar-refractivity contribution in [2.45, 2.75) is 26.0 Å². The molecule has 0 bridgehead atoms. The van der Waals surface area contributed by atoms with Crippen molar-refractivity contribution in [3.8, 4) is 11.8 Å². The molecule has 1 aliphatic rings. The highest BCUT2D eigenvalue weighted by atomic mass is 16.5. The van der Waals surface area contributed by atoms with Crippen molar-refractivity contribution in [2.24, 2.45) is 0 Å². The average molecular weight is 330 g/mol. The molecule has 1 aromatic carbocycles. The van der Waals surface area contributed by atoms with Gasteiger partial charge in [-0.2, -0.15) is 5.26 Å². The topological polar surface area (TPSA) is 68.6 Å². The predicted octanol–water partition coefficient (Wildman–Crippen LogP) is 1.08. The van der Waals surface area contributed by atoms with E-state index in [1.807, 2.05) is 0 Å².